The van der Waals surface area contributed by atoms with Crippen LogP contribution in [0, 0.1) is 5.41 Å². The lowest BCUT2D eigenvalue weighted by Crippen LogP contribution is -2.39. The van der Waals surface area contributed by atoms with Crippen molar-refractivity contribution in [1.29, 1.82) is 5.41 Å². The molecule has 11 nitrogen and oxygen atoms in total. The molecule has 1 saturated heterocycles. The van der Waals surface area contributed by atoms with Crippen molar-refractivity contribution in [3.05, 3.63) is 17.8 Å². The van der Waals surface area contributed by atoms with Gasteiger partial charge in [0.2, 0.25) is 0 Å². The van der Waals surface area contributed by atoms with Crippen LogP contribution in [-0.2, 0) is 27.9 Å². The summed E-state index contributed by atoms with van der Waals surface area (Å²) in [4.78, 5) is 26.8. The van der Waals surface area contributed by atoms with Gasteiger partial charge >= 0.3 is 19.8 Å². The predicted molar refractivity (Wildman–Crippen MR) is 144 cm³/mol. The van der Waals surface area contributed by atoms with Crippen LogP contribution in [0.5, 0.6) is 6.01 Å². The molecular formula is C27H46N3O8P. The molecule has 39 heavy (non-hydrogen) atoms. The molecule has 0 aliphatic carbocycles. The molecule has 0 radical (unpaired) electrons. The Labute approximate surface area is 231 Å². The molecule has 2 N–H and O–H groups in total. The Bertz CT molecular complexity index is 990. The molecule has 222 valence electrons. The number of unbranched alkanes of at least 4 members (excludes halogenated alkanes) is 11. The zero-order valence-electron chi connectivity index (χ0n) is 23.4. The number of phosphoric acid groups is 1. The van der Waals surface area contributed by atoms with Crippen LogP contribution in [0.3, 0.4) is 0 Å². The SMILES string of the molecule is CCCCCCCCCCCCCC(=O)O[C@H]1[C@@H]2Oc3nc(=N)ccn3[C@@H]2O[C@@H]1COP(=O)(O)OCCCC. The van der Waals surface area contributed by atoms with Crippen LogP contribution in [0.4, 0.5) is 0 Å². The van der Waals surface area contributed by atoms with E-state index in [4.69, 9.17) is 28.7 Å². The minimum atomic E-state index is -4.28. The molecule has 12 heteroatoms. The van der Waals surface area contributed by atoms with Gasteiger partial charge in [-0.3, -0.25) is 23.8 Å². The third-order valence-corrected chi connectivity index (χ3v) is 8.02. The molecule has 5 atom stereocenters. The third kappa shape index (κ3) is 10.3. The van der Waals surface area contributed by atoms with Gasteiger partial charge in [0.1, 0.15) is 6.10 Å². The molecule has 3 heterocycles. The fraction of sp³-hybridized carbons (Fsp3) is 0.815. The number of hydrogen-bond acceptors (Lipinski definition) is 9. The van der Waals surface area contributed by atoms with E-state index in [1.54, 1.807) is 10.8 Å². The fourth-order valence-corrected chi connectivity index (χ4v) is 5.59. The van der Waals surface area contributed by atoms with Crippen LogP contribution in [-0.4, -0.2) is 51.9 Å². The summed E-state index contributed by atoms with van der Waals surface area (Å²) in [6.07, 6.45) is 13.3. The van der Waals surface area contributed by atoms with E-state index >= 15 is 0 Å². The second-order valence-corrected chi connectivity index (χ2v) is 11.8. The second kappa shape index (κ2) is 16.5. The highest BCUT2D eigenvalue weighted by atomic mass is 31.2. The van der Waals surface area contributed by atoms with Crippen molar-refractivity contribution in [2.24, 2.45) is 0 Å². The fourth-order valence-electron chi connectivity index (χ4n) is 4.82. The highest BCUT2D eigenvalue weighted by Gasteiger charge is 2.54. The number of fused-ring (bicyclic) bond motifs is 3. The van der Waals surface area contributed by atoms with Crippen molar-refractivity contribution < 1.29 is 37.5 Å². The topological polar surface area (TPSA) is 142 Å². The molecule has 1 aromatic heterocycles. The van der Waals surface area contributed by atoms with Crippen molar-refractivity contribution in [3.8, 4) is 6.01 Å². The first-order valence-corrected chi connectivity index (χ1v) is 16.1. The molecular weight excluding hydrogens is 525 g/mol. The van der Waals surface area contributed by atoms with E-state index < -0.39 is 32.4 Å². The van der Waals surface area contributed by atoms with Crippen LogP contribution in [0.1, 0.15) is 110 Å². The van der Waals surface area contributed by atoms with Crippen molar-refractivity contribution in [2.75, 3.05) is 13.2 Å². The predicted octanol–water partition coefficient (Wildman–Crippen LogP) is 5.57. The number of rotatable bonds is 20. The van der Waals surface area contributed by atoms with E-state index in [0.29, 0.717) is 6.42 Å². The Balaban J connectivity index is 1.46. The Morgan fingerprint density at radius 3 is 2.33 bits per heavy atom. The first-order chi connectivity index (χ1) is 18.8. The molecule has 1 aromatic rings. The summed E-state index contributed by atoms with van der Waals surface area (Å²) in [7, 11) is -4.28. The summed E-state index contributed by atoms with van der Waals surface area (Å²) in [5.41, 5.74) is 0.0385. The number of aromatic nitrogens is 2. The molecule has 1 fully saturated rings. The monoisotopic (exact) mass is 571 g/mol. The second-order valence-electron chi connectivity index (χ2n) is 10.3. The van der Waals surface area contributed by atoms with Crippen molar-refractivity contribution >= 4 is 13.8 Å². The number of carbonyl (C=O) groups excluding carboxylic acids is 1. The van der Waals surface area contributed by atoms with Crippen LogP contribution in [0.15, 0.2) is 12.3 Å². The lowest BCUT2D eigenvalue weighted by atomic mass is 10.1. The van der Waals surface area contributed by atoms with Crippen molar-refractivity contribution in [3.63, 3.8) is 0 Å². The zero-order chi connectivity index (χ0) is 28.1. The Kier molecular flexibility index (Phi) is 13.4. The van der Waals surface area contributed by atoms with Gasteiger partial charge in [-0.1, -0.05) is 84.5 Å². The van der Waals surface area contributed by atoms with Gasteiger partial charge < -0.3 is 19.1 Å². The number of hydrogen-bond donors (Lipinski definition) is 2. The molecule has 2 aliphatic heterocycles. The number of nitrogens with zero attached hydrogens (tertiary/aromatic N) is 2. The summed E-state index contributed by atoms with van der Waals surface area (Å²) in [5, 5.41) is 7.74. The summed E-state index contributed by atoms with van der Waals surface area (Å²) < 4.78 is 41.8. The van der Waals surface area contributed by atoms with E-state index in [1.165, 1.54) is 57.4 Å². The number of ether oxygens (including phenoxy) is 3. The molecule has 1 unspecified atom stereocenters. The first-order valence-electron chi connectivity index (χ1n) is 14.6. The van der Waals surface area contributed by atoms with Gasteiger partial charge in [-0.05, 0) is 18.9 Å². The highest BCUT2D eigenvalue weighted by molar-refractivity contribution is 7.47. The summed E-state index contributed by atoms with van der Waals surface area (Å²) in [6.45, 7) is 3.97. The minimum absolute atomic E-state index is 0.0385. The molecule has 0 amide bonds. The average molecular weight is 572 g/mol. The number of nitrogens with one attached hydrogen (secondary N) is 1. The Morgan fingerprint density at radius 2 is 1.67 bits per heavy atom. The van der Waals surface area contributed by atoms with E-state index in [2.05, 4.69) is 11.9 Å². The van der Waals surface area contributed by atoms with Crippen molar-refractivity contribution in [2.45, 2.75) is 128 Å². The van der Waals surface area contributed by atoms with Gasteiger partial charge in [0.25, 0.3) is 0 Å². The maximum absolute atomic E-state index is 12.7. The highest BCUT2D eigenvalue weighted by Crippen LogP contribution is 2.46. The largest absolute Gasteiger partial charge is 0.472 e. The van der Waals surface area contributed by atoms with E-state index in [0.717, 1.165) is 25.7 Å². The zero-order valence-corrected chi connectivity index (χ0v) is 24.3. The van der Waals surface area contributed by atoms with Gasteiger partial charge in [-0.25, -0.2) is 4.57 Å². The Morgan fingerprint density at radius 1 is 1.03 bits per heavy atom. The molecule has 0 aromatic carbocycles. The van der Waals surface area contributed by atoms with E-state index in [-0.39, 0.29) is 37.1 Å². The maximum atomic E-state index is 12.7. The number of esters is 1. The average Bonchev–Trinajstić information content (AvgIpc) is 3.41. The van der Waals surface area contributed by atoms with E-state index in [1.807, 2.05) is 6.92 Å². The summed E-state index contributed by atoms with van der Waals surface area (Å²) >= 11 is 0. The van der Waals surface area contributed by atoms with Crippen LogP contribution < -0.4 is 10.2 Å². The minimum Gasteiger partial charge on any atom is -0.455 e. The van der Waals surface area contributed by atoms with Gasteiger partial charge in [0, 0.05) is 12.6 Å². The smallest absolute Gasteiger partial charge is 0.455 e. The van der Waals surface area contributed by atoms with Crippen LogP contribution in [0.2, 0.25) is 0 Å². The van der Waals surface area contributed by atoms with Gasteiger partial charge in [0.05, 0.1) is 13.2 Å². The van der Waals surface area contributed by atoms with E-state index in [9.17, 15) is 14.3 Å². The summed E-state index contributed by atoms with van der Waals surface area (Å²) in [5.74, 6) is -0.379. The standard InChI is InChI=1S/C27H46N3O8P/c1-3-5-7-8-9-10-11-12-13-14-15-16-23(31)37-24-21(20-35-39(32,33)34-19-6-4-2)36-26-25(24)38-27-29-22(28)17-18-30(26)27/h17-18,21,24-26,28H,3-16,19-20H2,1-2H3,(H,32,33)/t21-,24-,25+,26-/m1/s1. The van der Waals surface area contributed by atoms with Crippen LogP contribution in [0.25, 0.3) is 0 Å². The Hall–Kier alpha value is -1.78. The third-order valence-electron chi connectivity index (χ3n) is 7.04. The summed E-state index contributed by atoms with van der Waals surface area (Å²) in [6, 6.07) is 1.69. The van der Waals surface area contributed by atoms with Crippen molar-refractivity contribution in [1.82, 2.24) is 9.55 Å². The van der Waals surface area contributed by atoms with Gasteiger partial charge in [0.15, 0.2) is 23.9 Å². The van der Waals surface area contributed by atoms with Gasteiger partial charge in [-0.2, -0.15) is 4.98 Å². The molecule has 0 spiro atoms. The number of carbonyl (C=O) groups is 1. The molecule has 2 aliphatic rings. The van der Waals surface area contributed by atoms with Crippen LogP contribution >= 0.6 is 7.82 Å². The lowest BCUT2D eigenvalue weighted by Gasteiger charge is -2.23. The van der Waals surface area contributed by atoms with Gasteiger partial charge in [-0.15, -0.1) is 0 Å². The molecule has 0 bridgehead atoms. The quantitative estimate of drug-likeness (QED) is 0.117. The first kappa shape index (κ1) is 31.7. The number of phosphoric ester groups is 1. The lowest BCUT2D eigenvalue weighted by molar-refractivity contribution is -0.156. The molecule has 0 saturated carbocycles. The molecule has 3 rings (SSSR count). The maximum Gasteiger partial charge on any atom is 0.472 e. The normalized spacial score (nSPS) is 23.2.